The van der Waals surface area contributed by atoms with Gasteiger partial charge < -0.3 is 4.90 Å². The predicted molar refractivity (Wildman–Crippen MR) is 77.6 cm³/mol. The summed E-state index contributed by atoms with van der Waals surface area (Å²) in [4.78, 5) is 18.6. The van der Waals surface area contributed by atoms with Crippen LogP contribution in [-0.2, 0) is 4.79 Å². The van der Waals surface area contributed by atoms with E-state index in [-0.39, 0.29) is 17.9 Å². The molecule has 1 amide bonds. The van der Waals surface area contributed by atoms with Gasteiger partial charge in [0.15, 0.2) is 0 Å². The highest BCUT2D eigenvalue weighted by atomic mass is 32.1. The van der Waals surface area contributed by atoms with Crippen LogP contribution in [0.5, 0.6) is 0 Å². The molecule has 2 aromatic heterocycles. The molecule has 3 rings (SSSR count). The van der Waals surface area contributed by atoms with Crippen LogP contribution in [0.25, 0.3) is 0 Å². The molecule has 0 unspecified atom stereocenters. The molecule has 2 aromatic rings. The lowest BCUT2D eigenvalue weighted by atomic mass is 10.00. The van der Waals surface area contributed by atoms with Crippen molar-refractivity contribution in [1.29, 1.82) is 0 Å². The summed E-state index contributed by atoms with van der Waals surface area (Å²) in [5.41, 5.74) is 1.11. The van der Waals surface area contributed by atoms with Gasteiger partial charge in [0.05, 0.1) is 12.0 Å². The number of rotatable bonds is 3. The summed E-state index contributed by atoms with van der Waals surface area (Å²) in [6.45, 7) is 3.57. The number of nitrogens with zero attached hydrogens (tertiary/aromatic N) is 4. The Bertz CT molecular complexity index is 552. The number of amides is 1. The van der Waals surface area contributed by atoms with E-state index in [9.17, 15) is 4.79 Å². The highest BCUT2D eigenvalue weighted by molar-refractivity contribution is 7.08. The Balaban J connectivity index is 1.69. The molecule has 0 spiro atoms. The average Bonchev–Trinajstić information content (AvgIpc) is 3.18. The Kier molecular flexibility index (Phi) is 3.82. The molecule has 0 N–H and O–H groups in total. The third-order valence-corrected chi connectivity index (χ3v) is 4.63. The maximum absolute atomic E-state index is 12.6. The van der Waals surface area contributed by atoms with E-state index < -0.39 is 0 Å². The first kappa shape index (κ1) is 13.3. The molecule has 20 heavy (non-hydrogen) atoms. The van der Waals surface area contributed by atoms with Crippen LogP contribution in [-0.4, -0.2) is 38.7 Å². The van der Waals surface area contributed by atoms with Gasteiger partial charge in [-0.25, -0.2) is 9.67 Å². The number of carbonyl (C=O) groups is 1. The molecule has 1 fully saturated rings. The van der Waals surface area contributed by atoms with E-state index in [0.717, 1.165) is 31.5 Å². The molecule has 106 valence electrons. The Morgan fingerprint density at radius 2 is 2.45 bits per heavy atom. The first-order chi connectivity index (χ1) is 9.75. The van der Waals surface area contributed by atoms with Gasteiger partial charge in [0.1, 0.15) is 12.7 Å². The highest BCUT2D eigenvalue weighted by Crippen LogP contribution is 2.25. The van der Waals surface area contributed by atoms with E-state index in [0.29, 0.717) is 0 Å². The van der Waals surface area contributed by atoms with Crippen LogP contribution < -0.4 is 0 Å². The maximum atomic E-state index is 12.6. The number of aromatic nitrogens is 3. The molecule has 0 bridgehead atoms. The molecule has 0 radical (unpaired) electrons. The Hall–Kier alpha value is -1.69. The van der Waals surface area contributed by atoms with E-state index in [1.807, 2.05) is 28.0 Å². The summed E-state index contributed by atoms with van der Waals surface area (Å²) in [6, 6.07) is 2.29. The summed E-state index contributed by atoms with van der Waals surface area (Å²) in [5, 5.41) is 8.28. The van der Waals surface area contributed by atoms with E-state index in [1.165, 1.54) is 0 Å². The largest absolute Gasteiger partial charge is 0.340 e. The van der Waals surface area contributed by atoms with Crippen LogP contribution in [0.1, 0.15) is 37.3 Å². The molecule has 3 heterocycles. The van der Waals surface area contributed by atoms with Gasteiger partial charge >= 0.3 is 0 Å². The summed E-state index contributed by atoms with van der Waals surface area (Å²) in [6.07, 6.45) is 5.36. The molecule has 2 atom stereocenters. The van der Waals surface area contributed by atoms with Crippen molar-refractivity contribution in [3.8, 4) is 0 Å². The number of thiophene rings is 1. The zero-order chi connectivity index (χ0) is 13.9. The number of piperidine rings is 1. The van der Waals surface area contributed by atoms with Gasteiger partial charge in [0, 0.05) is 13.1 Å². The third kappa shape index (κ3) is 2.60. The lowest BCUT2D eigenvalue weighted by Gasteiger charge is -2.34. The van der Waals surface area contributed by atoms with Crippen molar-refractivity contribution >= 4 is 17.2 Å². The van der Waals surface area contributed by atoms with Crippen LogP contribution in [0.15, 0.2) is 29.5 Å². The van der Waals surface area contributed by atoms with Gasteiger partial charge in [0.2, 0.25) is 5.91 Å². The molecular formula is C14H18N4OS. The van der Waals surface area contributed by atoms with Crippen LogP contribution >= 0.6 is 11.3 Å². The third-order valence-electron chi connectivity index (χ3n) is 3.93. The van der Waals surface area contributed by atoms with E-state index >= 15 is 0 Å². The Morgan fingerprint density at radius 3 is 3.15 bits per heavy atom. The minimum absolute atomic E-state index is 0.0595. The summed E-state index contributed by atoms with van der Waals surface area (Å²) < 4.78 is 1.87. The topological polar surface area (TPSA) is 51.0 Å². The summed E-state index contributed by atoms with van der Waals surface area (Å²) in [5.74, 6) is 0.156. The van der Waals surface area contributed by atoms with Crippen molar-refractivity contribution < 1.29 is 4.79 Å². The van der Waals surface area contributed by atoms with Gasteiger partial charge in [0.25, 0.3) is 0 Å². The second-order valence-electron chi connectivity index (χ2n) is 5.23. The molecule has 0 aromatic carbocycles. The first-order valence-electron chi connectivity index (χ1n) is 6.90. The predicted octanol–water partition coefficient (Wildman–Crippen LogP) is 2.31. The lowest BCUT2D eigenvalue weighted by Crippen LogP contribution is -2.42. The van der Waals surface area contributed by atoms with E-state index in [4.69, 9.17) is 0 Å². The van der Waals surface area contributed by atoms with Gasteiger partial charge in [-0.15, -0.1) is 0 Å². The van der Waals surface area contributed by atoms with Crippen LogP contribution in [0.4, 0.5) is 0 Å². The maximum Gasteiger partial charge on any atom is 0.229 e. The minimum atomic E-state index is -0.0595. The lowest BCUT2D eigenvalue weighted by molar-refractivity contribution is -0.134. The van der Waals surface area contributed by atoms with Crippen molar-refractivity contribution in [3.63, 3.8) is 0 Å². The SMILES string of the molecule is C[C@@H](C(=O)N1CCC[C@@H](n2cncn2)C1)c1ccsc1. The standard InChI is InChI=1S/C14H18N4OS/c1-11(12-4-6-20-8-12)14(19)17-5-2-3-13(7-17)18-10-15-9-16-18/h4,6,8-11,13H,2-3,5,7H2,1H3/t11-,13-/m1/s1. The van der Waals surface area contributed by atoms with Gasteiger partial charge in [-0.05, 0) is 42.2 Å². The smallest absolute Gasteiger partial charge is 0.229 e. The number of hydrogen-bond donors (Lipinski definition) is 0. The van der Waals surface area contributed by atoms with Gasteiger partial charge in [-0.2, -0.15) is 16.4 Å². The molecule has 1 aliphatic rings. The molecule has 1 aliphatic heterocycles. The van der Waals surface area contributed by atoms with Gasteiger partial charge in [-0.1, -0.05) is 0 Å². The van der Waals surface area contributed by atoms with E-state index in [1.54, 1.807) is 24.0 Å². The Morgan fingerprint density at radius 1 is 1.55 bits per heavy atom. The molecule has 0 saturated carbocycles. The average molecular weight is 290 g/mol. The molecular weight excluding hydrogens is 272 g/mol. The monoisotopic (exact) mass is 290 g/mol. The van der Waals surface area contributed by atoms with Crippen LogP contribution in [0.3, 0.4) is 0 Å². The molecule has 1 saturated heterocycles. The molecule has 5 nitrogen and oxygen atoms in total. The number of likely N-dealkylation sites (tertiary alicyclic amines) is 1. The van der Waals surface area contributed by atoms with Crippen molar-refractivity contribution in [2.75, 3.05) is 13.1 Å². The molecule has 0 aliphatic carbocycles. The van der Waals surface area contributed by atoms with Crippen molar-refractivity contribution in [3.05, 3.63) is 35.0 Å². The summed E-state index contributed by atoms with van der Waals surface area (Å²) in [7, 11) is 0. The Labute approximate surface area is 122 Å². The van der Waals surface area contributed by atoms with Crippen molar-refractivity contribution in [2.24, 2.45) is 0 Å². The van der Waals surface area contributed by atoms with Crippen molar-refractivity contribution in [2.45, 2.75) is 31.7 Å². The second-order valence-corrected chi connectivity index (χ2v) is 6.01. The number of hydrogen-bond acceptors (Lipinski definition) is 4. The fraction of sp³-hybridized carbons (Fsp3) is 0.500. The fourth-order valence-electron chi connectivity index (χ4n) is 2.71. The highest BCUT2D eigenvalue weighted by Gasteiger charge is 2.28. The second kappa shape index (κ2) is 5.75. The van der Waals surface area contributed by atoms with Crippen LogP contribution in [0.2, 0.25) is 0 Å². The summed E-state index contributed by atoms with van der Waals surface area (Å²) >= 11 is 1.64. The molecule has 6 heteroatoms. The van der Waals surface area contributed by atoms with Gasteiger partial charge in [-0.3, -0.25) is 4.79 Å². The first-order valence-corrected chi connectivity index (χ1v) is 7.85. The van der Waals surface area contributed by atoms with Crippen LogP contribution in [0, 0.1) is 0 Å². The minimum Gasteiger partial charge on any atom is -0.340 e. The fourth-order valence-corrected chi connectivity index (χ4v) is 3.47. The number of carbonyl (C=O) groups excluding carboxylic acids is 1. The van der Waals surface area contributed by atoms with E-state index in [2.05, 4.69) is 15.5 Å². The normalized spacial score (nSPS) is 20.9. The zero-order valence-electron chi connectivity index (χ0n) is 11.5. The van der Waals surface area contributed by atoms with Crippen molar-refractivity contribution in [1.82, 2.24) is 19.7 Å². The quantitative estimate of drug-likeness (QED) is 0.871. The zero-order valence-corrected chi connectivity index (χ0v) is 12.3.